The molecule has 1 unspecified atom stereocenters. The summed E-state index contributed by atoms with van der Waals surface area (Å²) >= 11 is 1.56. The Morgan fingerprint density at radius 2 is 2.15 bits per heavy atom. The van der Waals surface area contributed by atoms with Crippen molar-refractivity contribution in [2.24, 2.45) is 5.16 Å². The van der Waals surface area contributed by atoms with E-state index >= 15 is 0 Å². The summed E-state index contributed by atoms with van der Waals surface area (Å²) in [4.78, 5) is 15.4. The second-order valence-electron chi connectivity index (χ2n) is 5.06. The van der Waals surface area contributed by atoms with E-state index in [1.54, 1.807) is 11.3 Å². The van der Waals surface area contributed by atoms with Crippen molar-refractivity contribution in [3.63, 3.8) is 0 Å². The summed E-state index contributed by atoms with van der Waals surface area (Å²) in [5, 5.41) is 14.8. The SMILES string of the molecule is O=C1c2ccccc2C2C/C(=N/O)c3sccc3CN12. The number of nitrogens with zero attached hydrogens (tertiary/aromatic N) is 2. The lowest BCUT2D eigenvalue weighted by molar-refractivity contribution is 0.0717. The number of hydrogen-bond donors (Lipinski definition) is 1. The van der Waals surface area contributed by atoms with Crippen LogP contribution >= 0.6 is 11.3 Å². The molecule has 1 aromatic heterocycles. The molecule has 0 saturated carbocycles. The number of thiophene rings is 1. The summed E-state index contributed by atoms with van der Waals surface area (Å²) in [7, 11) is 0. The van der Waals surface area contributed by atoms with Crippen molar-refractivity contribution in [2.75, 3.05) is 0 Å². The molecule has 0 fully saturated rings. The van der Waals surface area contributed by atoms with Crippen LogP contribution in [0.4, 0.5) is 0 Å². The second kappa shape index (κ2) is 4.18. The first-order valence-electron chi connectivity index (χ1n) is 6.47. The van der Waals surface area contributed by atoms with Gasteiger partial charge >= 0.3 is 0 Å². The van der Waals surface area contributed by atoms with Gasteiger partial charge in [0, 0.05) is 18.5 Å². The maximum Gasteiger partial charge on any atom is 0.255 e. The van der Waals surface area contributed by atoms with Gasteiger partial charge in [0.2, 0.25) is 0 Å². The third-order valence-corrected chi connectivity index (χ3v) is 5.05. The minimum Gasteiger partial charge on any atom is -0.411 e. The molecular weight excluding hydrogens is 272 g/mol. The van der Waals surface area contributed by atoms with E-state index in [1.165, 1.54) is 0 Å². The van der Waals surface area contributed by atoms with Crippen LogP contribution in [0.3, 0.4) is 0 Å². The Morgan fingerprint density at radius 1 is 1.30 bits per heavy atom. The zero-order valence-corrected chi connectivity index (χ0v) is 11.4. The van der Waals surface area contributed by atoms with Crippen LogP contribution in [0.15, 0.2) is 40.9 Å². The van der Waals surface area contributed by atoms with Crippen molar-refractivity contribution in [3.8, 4) is 0 Å². The Hall–Kier alpha value is -2.14. The van der Waals surface area contributed by atoms with Crippen molar-refractivity contribution in [1.29, 1.82) is 0 Å². The Morgan fingerprint density at radius 3 is 3.00 bits per heavy atom. The molecule has 4 nitrogen and oxygen atoms in total. The van der Waals surface area contributed by atoms with Gasteiger partial charge < -0.3 is 10.1 Å². The highest BCUT2D eigenvalue weighted by atomic mass is 32.1. The van der Waals surface area contributed by atoms with Crippen molar-refractivity contribution < 1.29 is 10.0 Å². The van der Waals surface area contributed by atoms with Gasteiger partial charge in [-0.1, -0.05) is 23.4 Å². The summed E-state index contributed by atoms with van der Waals surface area (Å²) in [6.07, 6.45) is 0.562. The van der Waals surface area contributed by atoms with Gasteiger partial charge in [0.1, 0.15) is 0 Å². The van der Waals surface area contributed by atoms with E-state index < -0.39 is 0 Å². The van der Waals surface area contributed by atoms with Crippen molar-refractivity contribution in [2.45, 2.75) is 19.0 Å². The first-order chi connectivity index (χ1) is 9.79. The Balaban J connectivity index is 1.87. The molecule has 3 heterocycles. The Kier molecular flexibility index (Phi) is 2.44. The fourth-order valence-electron chi connectivity index (χ4n) is 3.11. The molecule has 2 aromatic rings. The van der Waals surface area contributed by atoms with Gasteiger partial charge in [0.05, 0.1) is 16.6 Å². The van der Waals surface area contributed by atoms with Crippen LogP contribution in [0.2, 0.25) is 0 Å². The highest BCUT2D eigenvalue weighted by molar-refractivity contribution is 7.12. The molecule has 0 radical (unpaired) electrons. The van der Waals surface area contributed by atoms with E-state index in [-0.39, 0.29) is 11.9 Å². The standard InChI is InChI=1S/C15H12N2O2S/c18-15-11-4-2-1-3-10(11)13-7-12(16-19)14-9(5-6-20-14)8-17(13)15/h1-6,13,19H,7-8H2/b16-12-. The Labute approximate surface area is 120 Å². The first-order valence-corrected chi connectivity index (χ1v) is 7.35. The summed E-state index contributed by atoms with van der Waals surface area (Å²) in [6.45, 7) is 0.579. The largest absolute Gasteiger partial charge is 0.411 e. The van der Waals surface area contributed by atoms with E-state index in [0.717, 1.165) is 21.6 Å². The molecular formula is C15H12N2O2S. The average molecular weight is 284 g/mol. The quantitative estimate of drug-likeness (QED) is 0.597. The molecule has 2 aliphatic rings. The predicted octanol–water partition coefficient (Wildman–Crippen LogP) is 3.03. The molecule has 1 amide bonds. The van der Waals surface area contributed by atoms with Gasteiger partial charge in [-0.15, -0.1) is 11.3 Å². The fraction of sp³-hybridized carbons (Fsp3) is 0.200. The molecule has 0 saturated heterocycles. The van der Waals surface area contributed by atoms with Crippen LogP contribution in [-0.4, -0.2) is 21.7 Å². The minimum absolute atomic E-state index is 0.0239. The number of rotatable bonds is 0. The minimum atomic E-state index is -0.0239. The van der Waals surface area contributed by atoms with E-state index in [1.807, 2.05) is 40.6 Å². The van der Waals surface area contributed by atoms with E-state index in [2.05, 4.69) is 5.16 Å². The summed E-state index contributed by atoms with van der Waals surface area (Å²) in [6, 6.07) is 9.68. The van der Waals surface area contributed by atoms with Gasteiger partial charge in [0.25, 0.3) is 5.91 Å². The fourth-order valence-corrected chi connectivity index (χ4v) is 4.02. The van der Waals surface area contributed by atoms with Gasteiger partial charge in [-0.3, -0.25) is 4.79 Å². The van der Waals surface area contributed by atoms with Crippen molar-refractivity contribution in [1.82, 2.24) is 4.90 Å². The van der Waals surface area contributed by atoms with E-state index in [0.29, 0.717) is 18.7 Å². The highest BCUT2D eigenvalue weighted by Crippen LogP contribution is 2.41. The number of carbonyl (C=O) groups is 1. The molecule has 4 rings (SSSR count). The molecule has 0 aliphatic carbocycles. The molecule has 20 heavy (non-hydrogen) atoms. The average Bonchev–Trinajstić information content (AvgIpc) is 2.99. The number of hydrogen-bond acceptors (Lipinski definition) is 4. The second-order valence-corrected chi connectivity index (χ2v) is 5.98. The van der Waals surface area contributed by atoms with Crippen molar-refractivity contribution in [3.05, 3.63) is 57.3 Å². The van der Waals surface area contributed by atoms with Crippen LogP contribution < -0.4 is 0 Å². The lowest BCUT2D eigenvalue weighted by Crippen LogP contribution is -2.26. The van der Waals surface area contributed by atoms with Crippen LogP contribution in [0.1, 0.15) is 38.8 Å². The molecule has 1 N–H and O–H groups in total. The maximum atomic E-state index is 12.5. The van der Waals surface area contributed by atoms with E-state index in [9.17, 15) is 10.0 Å². The lowest BCUT2D eigenvalue weighted by atomic mass is 10.00. The summed E-state index contributed by atoms with van der Waals surface area (Å²) in [5.41, 5.74) is 3.54. The van der Waals surface area contributed by atoms with Gasteiger partial charge in [0.15, 0.2) is 0 Å². The van der Waals surface area contributed by atoms with Crippen LogP contribution in [0, 0.1) is 0 Å². The van der Waals surface area contributed by atoms with Crippen LogP contribution in [0.25, 0.3) is 0 Å². The third-order valence-electron chi connectivity index (χ3n) is 4.04. The molecule has 0 bridgehead atoms. The topological polar surface area (TPSA) is 52.9 Å². The molecule has 0 spiro atoms. The van der Waals surface area contributed by atoms with Gasteiger partial charge in [-0.05, 0) is 28.6 Å². The maximum absolute atomic E-state index is 12.5. The molecule has 1 atom stereocenters. The number of amides is 1. The monoisotopic (exact) mass is 284 g/mol. The first kappa shape index (κ1) is 11.7. The van der Waals surface area contributed by atoms with Gasteiger partial charge in [-0.2, -0.15) is 0 Å². The number of fused-ring (bicyclic) bond motifs is 4. The third kappa shape index (κ3) is 1.47. The smallest absolute Gasteiger partial charge is 0.255 e. The zero-order chi connectivity index (χ0) is 13.7. The van der Waals surface area contributed by atoms with E-state index in [4.69, 9.17) is 0 Å². The molecule has 2 aliphatic heterocycles. The molecule has 5 heteroatoms. The highest BCUT2D eigenvalue weighted by Gasteiger charge is 2.40. The normalized spacial score (nSPS) is 22.4. The van der Waals surface area contributed by atoms with Gasteiger partial charge in [-0.25, -0.2) is 0 Å². The summed E-state index contributed by atoms with van der Waals surface area (Å²) in [5.74, 6) is 0.0712. The Bertz CT molecular complexity index is 735. The number of benzene rings is 1. The lowest BCUT2D eigenvalue weighted by Gasteiger charge is -2.22. The zero-order valence-electron chi connectivity index (χ0n) is 10.6. The molecule has 1 aromatic carbocycles. The number of oxime groups is 1. The van der Waals surface area contributed by atoms with Crippen LogP contribution in [-0.2, 0) is 6.54 Å². The predicted molar refractivity (Wildman–Crippen MR) is 76.3 cm³/mol. The molecule has 100 valence electrons. The van der Waals surface area contributed by atoms with Crippen molar-refractivity contribution >= 4 is 23.0 Å². The number of carbonyl (C=O) groups excluding carboxylic acids is 1. The summed E-state index contributed by atoms with van der Waals surface area (Å²) < 4.78 is 0. The van der Waals surface area contributed by atoms with Crippen LogP contribution in [0.5, 0.6) is 0 Å².